The van der Waals surface area contributed by atoms with Crippen LogP contribution in [0.2, 0.25) is 5.02 Å². The first kappa shape index (κ1) is 16.6. The molecule has 1 fully saturated rings. The quantitative estimate of drug-likeness (QED) is 0.801. The van der Waals surface area contributed by atoms with Crippen molar-refractivity contribution in [3.8, 4) is 5.75 Å². The third kappa shape index (κ3) is 5.88. The van der Waals surface area contributed by atoms with Crippen LogP contribution in [0.15, 0.2) is 24.3 Å². The minimum atomic E-state index is 0.0873. The van der Waals surface area contributed by atoms with Gasteiger partial charge in [-0.2, -0.15) is 0 Å². The molecule has 0 aliphatic heterocycles. The average Bonchev–Trinajstić information content (AvgIpc) is 2.48. The molecule has 2 rings (SSSR count). The Hall–Kier alpha value is -0.730. The summed E-state index contributed by atoms with van der Waals surface area (Å²) in [5.41, 5.74) is 6.39. The lowest BCUT2D eigenvalue weighted by molar-refractivity contribution is 0.150. The van der Waals surface area contributed by atoms with Gasteiger partial charge >= 0.3 is 0 Å². The molecule has 118 valence electrons. The molecule has 0 saturated heterocycles. The summed E-state index contributed by atoms with van der Waals surface area (Å²) in [7, 11) is 0. The van der Waals surface area contributed by atoms with E-state index in [4.69, 9.17) is 22.1 Å². The molecule has 1 aromatic carbocycles. The highest BCUT2D eigenvalue weighted by Crippen LogP contribution is 2.27. The van der Waals surface area contributed by atoms with Crippen molar-refractivity contribution in [1.29, 1.82) is 0 Å². The van der Waals surface area contributed by atoms with Crippen molar-refractivity contribution in [3.05, 3.63) is 29.3 Å². The van der Waals surface area contributed by atoms with Crippen LogP contribution >= 0.6 is 11.6 Å². The summed E-state index contributed by atoms with van der Waals surface area (Å²) in [6.45, 7) is 0. The van der Waals surface area contributed by atoms with Crippen LogP contribution in [-0.2, 0) is 0 Å². The van der Waals surface area contributed by atoms with Crippen molar-refractivity contribution in [3.63, 3.8) is 0 Å². The van der Waals surface area contributed by atoms with Crippen LogP contribution in [-0.4, -0.2) is 12.1 Å². The second-order valence-electron chi connectivity index (χ2n) is 6.16. The zero-order valence-corrected chi connectivity index (χ0v) is 13.7. The van der Waals surface area contributed by atoms with E-state index in [2.05, 4.69) is 0 Å². The maximum atomic E-state index is 6.39. The predicted molar refractivity (Wildman–Crippen MR) is 90.0 cm³/mol. The Morgan fingerprint density at radius 2 is 1.43 bits per heavy atom. The number of benzene rings is 1. The molecule has 0 spiro atoms. The van der Waals surface area contributed by atoms with Crippen molar-refractivity contribution in [1.82, 2.24) is 0 Å². The molecule has 1 aliphatic rings. The first-order valence-electron chi connectivity index (χ1n) is 8.44. The van der Waals surface area contributed by atoms with Crippen LogP contribution < -0.4 is 10.5 Å². The van der Waals surface area contributed by atoms with E-state index in [1.54, 1.807) is 0 Å². The highest BCUT2D eigenvalue weighted by atomic mass is 35.5. The van der Waals surface area contributed by atoms with Gasteiger partial charge < -0.3 is 10.5 Å². The minimum absolute atomic E-state index is 0.0873. The van der Waals surface area contributed by atoms with Gasteiger partial charge in [-0.1, -0.05) is 68.7 Å². The van der Waals surface area contributed by atoms with Crippen LogP contribution in [0.4, 0.5) is 0 Å². The van der Waals surface area contributed by atoms with Crippen LogP contribution in [0.5, 0.6) is 5.75 Å². The number of hydrogen-bond donors (Lipinski definition) is 1. The molecule has 0 amide bonds. The molecular formula is C18H28ClNO. The second kappa shape index (κ2) is 9.32. The van der Waals surface area contributed by atoms with Crippen LogP contribution in [0.3, 0.4) is 0 Å². The van der Waals surface area contributed by atoms with Gasteiger partial charge in [-0.15, -0.1) is 0 Å². The van der Waals surface area contributed by atoms with E-state index in [-0.39, 0.29) is 12.1 Å². The number of nitrogens with two attached hydrogens (primary N) is 1. The Kier molecular flexibility index (Phi) is 7.38. The standard InChI is InChI=1S/C18H28ClNO/c19-15-11-9-10-13-17(15)21-18-14-8-6-4-2-1-3-5-7-12-16(18)20/h9-11,13,16,18H,1-8,12,14,20H2. The summed E-state index contributed by atoms with van der Waals surface area (Å²) >= 11 is 6.20. The SMILES string of the molecule is NC1CCCCCCCCCCC1Oc1ccccc1Cl. The zero-order chi connectivity index (χ0) is 14.9. The van der Waals surface area contributed by atoms with Gasteiger partial charge in [0, 0.05) is 6.04 Å². The maximum absolute atomic E-state index is 6.39. The number of ether oxygens (including phenoxy) is 1. The molecule has 0 aromatic heterocycles. The zero-order valence-electron chi connectivity index (χ0n) is 12.9. The Balaban J connectivity index is 1.96. The van der Waals surface area contributed by atoms with Gasteiger partial charge in [0.25, 0.3) is 0 Å². The van der Waals surface area contributed by atoms with Crippen molar-refractivity contribution >= 4 is 11.6 Å². The number of hydrogen-bond acceptors (Lipinski definition) is 2. The van der Waals surface area contributed by atoms with Crippen LogP contribution in [0.25, 0.3) is 0 Å². The summed E-state index contributed by atoms with van der Waals surface area (Å²) in [5, 5.41) is 0.677. The lowest BCUT2D eigenvalue weighted by Crippen LogP contribution is -2.39. The van der Waals surface area contributed by atoms with E-state index in [0.29, 0.717) is 5.02 Å². The first-order chi connectivity index (χ1) is 10.3. The fraction of sp³-hybridized carbons (Fsp3) is 0.667. The van der Waals surface area contributed by atoms with E-state index < -0.39 is 0 Å². The third-order valence-electron chi connectivity index (χ3n) is 4.37. The Morgan fingerprint density at radius 3 is 2.10 bits per heavy atom. The van der Waals surface area contributed by atoms with Crippen molar-refractivity contribution in [2.24, 2.45) is 5.73 Å². The largest absolute Gasteiger partial charge is 0.487 e. The Bertz CT molecular complexity index is 410. The van der Waals surface area contributed by atoms with E-state index >= 15 is 0 Å². The fourth-order valence-electron chi connectivity index (χ4n) is 3.04. The minimum Gasteiger partial charge on any atom is -0.487 e. The lowest BCUT2D eigenvalue weighted by atomic mass is 9.96. The number of halogens is 1. The lowest BCUT2D eigenvalue weighted by Gasteiger charge is -2.26. The average molecular weight is 310 g/mol. The summed E-state index contributed by atoms with van der Waals surface area (Å²) < 4.78 is 6.15. The topological polar surface area (TPSA) is 35.2 Å². The summed E-state index contributed by atoms with van der Waals surface area (Å²) in [5.74, 6) is 0.770. The molecule has 0 heterocycles. The van der Waals surface area contributed by atoms with Gasteiger partial charge in [-0.05, 0) is 31.4 Å². The van der Waals surface area contributed by atoms with Crippen LogP contribution in [0.1, 0.15) is 64.2 Å². The predicted octanol–water partition coefficient (Wildman–Crippen LogP) is 5.33. The van der Waals surface area contributed by atoms with E-state index in [1.807, 2.05) is 24.3 Å². The first-order valence-corrected chi connectivity index (χ1v) is 8.82. The molecule has 2 N–H and O–H groups in total. The molecular weight excluding hydrogens is 282 g/mol. The van der Waals surface area contributed by atoms with Crippen molar-refractivity contribution in [2.75, 3.05) is 0 Å². The normalized spacial score (nSPS) is 25.6. The summed E-state index contributed by atoms with van der Waals surface area (Å²) in [4.78, 5) is 0. The second-order valence-corrected chi connectivity index (χ2v) is 6.56. The van der Waals surface area contributed by atoms with Crippen molar-refractivity contribution in [2.45, 2.75) is 76.4 Å². The molecule has 1 aliphatic carbocycles. The Morgan fingerprint density at radius 1 is 0.857 bits per heavy atom. The molecule has 3 heteroatoms. The molecule has 0 bridgehead atoms. The highest BCUT2D eigenvalue weighted by molar-refractivity contribution is 6.32. The fourth-order valence-corrected chi connectivity index (χ4v) is 3.22. The molecule has 2 atom stereocenters. The third-order valence-corrected chi connectivity index (χ3v) is 4.68. The smallest absolute Gasteiger partial charge is 0.138 e. The van der Waals surface area contributed by atoms with Crippen LogP contribution in [0, 0.1) is 0 Å². The molecule has 0 radical (unpaired) electrons. The summed E-state index contributed by atoms with van der Waals surface area (Å²) in [6, 6.07) is 7.81. The van der Waals surface area contributed by atoms with Crippen molar-refractivity contribution < 1.29 is 4.74 Å². The van der Waals surface area contributed by atoms with Gasteiger partial charge in [0.05, 0.1) is 5.02 Å². The molecule has 1 saturated carbocycles. The Labute approximate surface area is 134 Å². The molecule has 2 nitrogen and oxygen atoms in total. The van der Waals surface area contributed by atoms with Gasteiger partial charge in [-0.25, -0.2) is 0 Å². The number of rotatable bonds is 2. The van der Waals surface area contributed by atoms with Gasteiger partial charge in [0.1, 0.15) is 11.9 Å². The maximum Gasteiger partial charge on any atom is 0.138 e. The van der Waals surface area contributed by atoms with E-state index in [0.717, 1.165) is 18.6 Å². The van der Waals surface area contributed by atoms with Gasteiger partial charge in [0.2, 0.25) is 0 Å². The van der Waals surface area contributed by atoms with Gasteiger partial charge in [-0.3, -0.25) is 0 Å². The summed E-state index contributed by atoms with van der Waals surface area (Å²) in [6.07, 6.45) is 12.6. The monoisotopic (exact) mass is 309 g/mol. The van der Waals surface area contributed by atoms with E-state index in [1.165, 1.54) is 51.4 Å². The number of para-hydroxylation sites is 1. The molecule has 21 heavy (non-hydrogen) atoms. The highest BCUT2D eigenvalue weighted by Gasteiger charge is 2.20. The van der Waals surface area contributed by atoms with Gasteiger partial charge in [0.15, 0.2) is 0 Å². The molecule has 2 unspecified atom stereocenters. The van der Waals surface area contributed by atoms with E-state index in [9.17, 15) is 0 Å². The molecule has 1 aromatic rings.